The van der Waals surface area contributed by atoms with Crippen molar-refractivity contribution in [2.24, 2.45) is 0 Å². The molecule has 0 saturated carbocycles. The van der Waals surface area contributed by atoms with Gasteiger partial charge in [-0.25, -0.2) is 0 Å². The van der Waals surface area contributed by atoms with E-state index in [9.17, 15) is 0 Å². The predicted octanol–water partition coefficient (Wildman–Crippen LogP) is 2.91. The van der Waals surface area contributed by atoms with Crippen LogP contribution in [0.3, 0.4) is 0 Å². The topological polar surface area (TPSA) is 58.0 Å². The molecule has 0 amide bonds. The number of fused-ring (bicyclic) bond motifs is 1. The number of nitrogens with zero attached hydrogens (tertiary/aromatic N) is 3. The number of hydrogen-bond donors (Lipinski definition) is 1. The summed E-state index contributed by atoms with van der Waals surface area (Å²) in [5.41, 5.74) is 6.84. The molecular weight excluding hydrogens is 264 g/mol. The molecule has 0 saturated heterocycles. The van der Waals surface area contributed by atoms with Crippen LogP contribution in [0.5, 0.6) is 5.75 Å². The summed E-state index contributed by atoms with van der Waals surface area (Å²) >= 11 is 0. The van der Waals surface area contributed by atoms with Crippen LogP contribution in [0.25, 0.3) is 10.9 Å². The molecule has 3 rings (SSSR count). The van der Waals surface area contributed by atoms with Crippen molar-refractivity contribution in [2.75, 3.05) is 12.3 Å². The maximum Gasteiger partial charge on any atom is 0.145 e. The summed E-state index contributed by atoms with van der Waals surface area (Å²) in [6.07, 6.45) is 5.05. The average molecular weight is 284 g/mol. The summed E-state index contributed by atoms with van der Waals surface area (Å²) in [4.78, 5) is 0. The smallest absolute Gasteiger partial charge is 0.145 e. The van der Waals surface area contributed by atoms with Gasteiger partial charge in [-0.1, -0.05) is 0 Å². The van der Waals surface area contributed by atoms with Gasteiger partial charge in [-0.15, -0.1) is 0 Å². The lowest BCUT2D eigenvalue weighted by atomic mass is 10.2. The van der Waals surface area contributed by atoms with Gasteiger partial charge in [0.05, 0.1) is 6.61 Å². The van der Waals surface area contributed by atoms with Crippen molar-refractivity contribution < 1.29 is 4.74 Å². The Morgan fingerprint density at radius 3 is 2.81 bits per heavy atom. The molecule has 2 aromatic heterocycles. The Bertz CT molecular complexity index is 729. The van der Waals surface area contributed by atoms with Crippen molar-refractivity contribution in [3.8, 4) is 5.75 Å². The number of anilines is 1. The lowest BCUT2D eigenvalue weighted by molar-refractivity contribution is 0.340. The molecule has 3 aromatic rings. The first kappa shape index (κ1) is 13.5. The van der Waals surface area contributed by atoms with Gasteiger partial charge >= 0.3 is 0 Å². The normalized spacial score (nSPS) is 11.1. The average Bonchev–Trinajstić information content (AvgIpc) is 3.06. The van der Waals surface area contributed by atoms with E-state index >= 15 is 0 Å². The van der Waals surface area contributed by atoms with E-state index in [2.05, 4.69) is 34.1 Å². The van der Waals surface area contributed by atoms with Crippen LogP contribution < -0.4 is 10.5 Å². The van der Waals surface area contributed by atoms with Gasteiger partial charge in [-0.3, -0.25) is 4.68 Å². The summed E-state index contributed by atoms with van der Waals surface area (Å²) in [5.74, 6) is 1.50. The SMILES string of the molecule is CCOc1ccc2c(ccn2CCCn2ccc(N)n2)c1. The number of aromatic nitrogens is 3. The standard InChI is InChI=1S/C16H20N4O/c1-2-21-14-4-5-15-13(12-14)6-10-19(15)8-3-9-20-11-7-16(17)18-20/h4-7,10-12H,2-3,8-9H2,1H3,(H2,17,18). The number of rotatable bonds is 6. The zero-order chi connectivity index (χ0) is 14.7. The van der Waals surface area contributed by atoms with Gasteiger partial charge in [0.25, 0.3) is 0 Å². The fourth-order valence-electron chi connectivity index (χ4n) is 2.53. The van der Waals surface area contributed by atoms with E-state index in [1.165, 1.54) is 10.9 Å². The van der Waals surface area contributed by atoms with Crippen LogP contribution in [0.2, 0.25) is 0 Å². The van der Waals surface area contributed by atoms with E-state index in [0.29, 0.717) is 12.4 Å². The number of benzene rings is 1. The minimum Gasteiger partial charge on any atom is -0.494 e. The second kappa shape index (κ2) is 5.91. The van der Waals surface area contributed by atoms with E-state index in [0.717, 1.165) is 25.3 Å². The first-order valence-electron chi connectivity index (χ1n) is 7.27. The minimum atomic E-state index is 0.574. The fraction of sp³-hybridized carbons (Fsp3) is 0.312. The largest absolute Gasteiger partial charge is 0.494 e. The highest BCUT2D eigenvalue weighted by Gasteiger charge is 2.03. The third kappa shape index (κ3) is 3.02. The van der Waals surface area contributed by atoms with Gasteiger partial charge in [-0.05, 0) is 43.7 Å². The number of hydrogen-bond acceptors (Lipinski definition) is 3. The van der Waals surface area contributed by atoms with Crippen molar-refractivity contribution in [1.82, 2.24) is 14.3 Å². The highest BCUT2D eigenvalue weighted by atomic mass is 16.5. The van der Waals surface area contributed by atoms with Gasteiger partial charge < -0.3 is 15.0 Å². The fourth-order valence-corrected chi connectivity index (χ4v) is 2.53. The van der Waals surface area contributed by atoms with Crippen molar-refractivity contribution in [1.29, 1.82) is 0 Å². The van der Waals surface area contributed by atoms with Crippen molar-refractivity contribution in [3.63, 3.8) is 0 Å². The van der Waals surface area contributed by atoms with E-state index in [1.54, 1.807) is 0 Å². The quantitative estimate of drug-likeness (QED) is 0.757. The van der Waals surface area contributed by atoms with Gasteiger partial charge in [0.2, 0.25) is 0 Å². The summed E-state index contributed by atoms with van der Waals surface area (Å²) in [6.45, 7) is 4.52. The van der Waals surface area contributed by atoms with E-state index in [4.69, 9.17) is 10.5 Å². The molecule has 0 spiro atoms. The highest BCUT2D eigenvalue weighted by molar-refractivity contribution is 5.81. The molecule has 21 heavy (non-hydrogen) atoms. The lowest BCUT2D eigenvalue weighted by Crippen LogP contribution is -2.04. The summed E-state index contributed by atoms with van der Waals surface area (Å²) in [6, 6.07) is 10.2. The third-order valence-corrected chi connectivity index (χ3v) is 3.50. The van der Waals surface area contributed by atoms with Gasteiger partial charge in [0, 0.05) is 36.4 Å². The molecule has 0 bridgehead atoms. The Kier molecular flexibility index (Phi) is 3.81. The van der Waals surface area contributed by atoms with Crippen molar-refractivity contribution in [2.45, 2.75) is 26.4 Å². The minimum absolute atomic E-state index is 0.574. The van der Waals surface area contributed by atoms with Crippen LogP contribution in [0, 0.1) is 0 Å². The first-order chi connectivity index (χ1) is 10.3. The van der Waals surface area contributed by atoms with Crippen LogP contribution in [0.15, 0.2) is 42.7 Å². The maximum atomic E-state index is 5.61. The molecule has 110 valence electrons. The third-order valence-electron chi connectivity index (χ3n) is 3.50. The van der Waals surface area contributed by atoms with E-state index in [1.807, 2.05) is 29.9 Å². The molecule has 5 nitrogen and oxygen atoms in total. The number of ether oxygens (including phenoxy) is 1. The van der Waals surface area contributed by atoms with E-state index in [-0.39, 0.29) is 0 Å². The highest BCUT2D eigenvalue weighted by Crippen LogP contribution is 2.22. The number of nitrogen functional groups attached to an aromatic ring is 1. The summed E-state index contributed by atoms with van der Waals surface area (Å²) in [5, 5.41) is 5.40. The van der Waals surface area contributed by atoms with Crippen LogP contribution in [-0.4, -0.2) is 21.0 Å². The molecular formula is C16H20N4O. The molecule has 0 aliphatic rings. The zero-order valence-electron chi connectivity index (χ0n) is 12.2. The van der Waals surface area contributed by atoms with E-state index < -0.39 is 0 Å². The Morgan fingerprint density at radius 1 is 1.14 bits per heavy atom. The second-order valence-corrected chi connectivity index (χ2v) is 5.02. The zero-order valence-corrected chi connectivity index (χ0v) is 12.2. The summed E-state index contributed by atoms with van der Waals surface area (Å²) < 4.78 is 9.68. The maximum absolute atomic E-state index is 5.61. The number of nitrogens with two attached hydrogens (primary N) is 1. The molecule has 0 atom stereocenters. The van der Waals surface area contributed by atoms with Crippen LogP contribution in [0.4, 0.5) is 5.82 Å². The lowest BCUT2D eigenvalue weighted by Gasteiger charge is -2.07. The van der Waals surface area contributed by atoms with Gasteiger partial charge in [0.15, 0.2) is 0 Å². The second-order valence-electron chi connectivity index (χ2n) is 5.02. The molecule has 1 aromatic carbocycles. The van der Waals surface area contributed by atoms with Crippen molar-refractivity contribution in [3.05, 3.63) is 42.7 Å². The molecule has 0 radical (unpaired) electrons. The Balaban J connectivity index is 1.66. The monoisotopic (exact) mass is 284 g/mol. The molecule has 0 unspecified atom stereocenters. The Hall–Kier alpha value is -2.43. The predicted molar refractivity (Wildman–Crippen MR) is 84.4 cm³/mol. The first-order valence-corrected chi connectivity index (χ1v) is 7.27. The Labute approximate surface area is 123 Å². The molecule has 2 N–H and O–H groups in total. The van der Waals surface area contributed by atoms with Crippen LogP contribution in [0.1, 0.15) is 13.3 Å². The molecule has 0 aliphatic carbocycles. The Morgan fingerprint density at radius 2 is 2.05 bits per heavy atom. The molecule has 5 heteroatoms. The van der Waals surface area contributed by atoms with Gasteiger partial charge in [-0.2, -0.15) is 5.10 Å². The van der Waals surface area contributed by atoms with Crippen LogP contribution >= 0.6 is 0 Å². The van der Waals surface area contributed by atoms with Crippen LogP contribution in [-0.2, 0) is 13.1 Å². The van der Waals surface area contributed by atoms with Gasteiger partial charge in [0.1, 0.15) is 11.6 Å². The number of aryl methyl sites for hydroxylation is 2. The molecule has 2 heterocycles. The molecule has 0 fully saturated rings. The summed E-state index contributed by atoms with van der Waals surface area (Å²) in [7, 11) is 0. The molecule has 0 aliphatic heterocycles. The van der Waals surface area contributed by atoms with Crippen molar-refractivity contribution >= 4 is 16.7 Å².